The molecule has 0 saturated heterocycles. The molecule has 0 aromatic heterocycles. The van der Waals surface area contributed by atoms with Crippen molar-refractivity contribution in [3.05, 3.63) is 53.6 Å². The van der Waals surface area contributed by atoms with Crippen molar-refractivity contribution in [3.8, 4) is 0 Å². The molecule has 0 aliphatic rings. The highest BCUT2D eigenvalue weighted by Crippen LogP contribution is 2.30. The molecule has 0 amide bonds. The Bertz CT molecular complexity index is 698. The summed E-state index contributed by atoms with van der Waals surface area (Å²) >= 11 is 1.46. The number of carboxylic acid groups (broad SMARTS) is 1. The predicted octanol–water partition coefficient (Wildman–Crippen LogP) is 2.83. The average molecular weight is 317 g/mol. The molecular weight excluding hydrogens is 302 g/mol. The van der Waals surface area contributed by atoms with Gasteiger partial charge in [-0.05, 0) is 48.0 Å². The Kier molecular flexibility index (Phi) is 5.06. The third kappa shape index (κ3) is 4.02. The Morgan fingerprint density at radius 3 is 2.36 bits per heavy atom. The maximum atomic E-state index is 11.7. The molecule has 2 aromatic carbocycles. The van der Waals surface area contributed by atoms with Crippen LogP contribution in [0.5, 0.6) is 0 Å². The Morgan fingerprint density at radius 1 is 1.14 bits per heavy atom. The Labute approximate surface area is 132 Å². The summed E-state index contributed by atoms with van der Waals surface area (Å²) in [5, 5.41) is 8.98. The van der Waals surface area contributed by atoms with Crippen LogP contribution in [0.15, 0.2) is 52.3 Å². The van der Waals surface area contributed by atoms with Crippen LogP contribution in [0.1, 0.15) is 15.9 Å². The number of aliphatic carboxylic acids is 1. The summed E-state index contributed by atoms with van der Waals surface area (Å²) in [5.74, 6) is -1.54. The number of carbonyl (C=O) groups excluding carboxylic acids is 1. The van der Waals surface area contributed by atoms with E-state index in [1.165, 1.54) is 18.9 Å². The molecule has 0 unspecified atom stereocenters. The lowest BCUT2D eigenvalue weighted by Gasteiger charge is -2.09. The number of methoxy groups -OCH3 is 1. The van der Waals surface area contributed by atoms with Crippen molar-refractivity contribution in [2.24, 2.45) is 0 Å². The van der Waals surface area contributed by atoms with Crippen LogP contribution in [0, 0.1) is 0 Å². The van der Waals surface area contributed by atoms with Crippen molar-refractivity contribution in [1.29, 1.82) is 0 Å². The highest BCUT2D eigenvalue weighted by molar-refractivity contribution is 7.99. The van der Waals surface area contributed by atoms with Crippen LogP contribution in [-0.4, -0.2) is 24.2 Å². The maximum absolute atomic E-state index is 11.7. The van der Waals surface area contributed by atoms with Crippen LogP contribution in [0.3, 0.4) is 0 Å². The molecule has 114 valence electrons. The molecule has 0 bridgehead atoms. The van der Waals surface area contributed by atoms with Gasteiger partial charge in [-0.2, -0.15) is 0 Å². The number of hydrogen-bond donors (Lipinski definition) is 2. The summed E-state index contributed by atoms with van der Waals surface area (Å²) in [7, 11) is 1.27. The van der Waals surface area contributed by atoms with E-state index in [4.69, 9.17) is 10.8 Å². The molecule has 0 atom stereocenters. The fraction of sp³-hybridized carbons (Fsp3) is 0.125. The van der Waals surface area contributed by atoms with Gasteiger partial charge >= 0.3 is 11.9 Å². The van der Waals surface area contributed by atoms with E-state index in [0.717, 1.165) is 9.79 Å². The maximum Gasteiger partial charge on any atom is 0.338 e. The second kappa shape index (κ2) is 7.00. The van der Waals surface area contributed by atoms with Gasteiger partial charge in [0.15, 0.2) is 0 Å². The van der Waals surface area contributed by atoms with Crippen LogP contribution in [0.4, 0.5) is 5.69 Å². The summed E-state index contributed by atoms with van der Waals surface area (Å²) in [6.45, 7) is 0. The number of nitrogens with two attached hydrogens (primary N) is 1. The predicted molar refractivity (Wildman–Crippen MR) is 84.1 cm³/mol. The van der Waals surface area contributed by atoms with Gasteiger partial charge in [-0.3, -0.25) is 4.79 Å². The summed E-state index contributed by atoms with van der Waals surface area (Å²) in [6.07, 6.45) is -0.236. The second-order valence-corrected chi connectivity index (χ2v) is 5.70. The molecule has 22 heavy (non-hydrogen) atoms. The van der Waals surface area contributed by atoms with Crippen molar-refractivity contribution in [2.45, 2.75) is 16.2 Å². The molecule has 0 aliphatic heterocycles. The van der Waals surface area contributed by atoms with E-state index in [0.29, 0.717) is 11.3 Å². The number of hydrogen-bond acceptors (Lipinski definition) is 5. The van der Waals surface area contributed by atoms with Crippen LogP contribution in [-0.2, 0) is 16.0 Å². The SMILES string of the molecule is COC(=O)c1ccc(Sc2ccc(N)cc2)cc1CC(=O)O. The third-order valence-corrected chi connectivity index (χ3v) is 3.94. The van der Waals surface area contributed by atoms with Crippen LogP contribution in [0.2, 0.25) is 0 Å². The van der Waals surface area contributed by atoms with Gasteiger partial charge in [0, 0.05) is 15.5 Å². The first-order valence-electron chi connectivity index (χ1n) is 6.46. The van der Waals surface area contributed by atoms with Crippen LogP contribution in [0.25, 0.3) is 0 Å². The van der Waals surface area contributed by atoms with Gasteiger partial charge in [0.1, 0.15) is 0 Å². The minimum atomic E-state index is -1.00. The molecule has 2 aromatic rings. The van der Waals surface area contributed by atoms with Gasteiger partial charge in [-0.25, -0.2) is 4.79 Å². The number of esters is 1. The van der Waals surface area contributed by atoms with Crippen molar-refractivity contribution in [1.82, 2.24) is 0 Å². The highest BCUT2D eigenvalue weighted by atomic mass is 32.2. The zero-order chi connectivity index (χ0) is 16.1. The van der Waals surface area contributed by atoms with Gasteiger partial charge in [0.2, 0.25) is 0 Å². The molecule has 0 spiro atoms. The zero-order valence-electron chi connectivity index (χ0n) is 11.9. The van der Waals surface area contributed by atoms with Crippen molar-refractivity contribution >= 4 is 29.4 Å². The quantitative estimate of drug-likeness (QED) is 0.651. The molecule has 2 rings (SSSR count). The number of anilines is 1. The number of benzene rings is 2. The lowest BCUT2D eigenvalue weighted by atomic mass is 10.0. The molecule has 5 nitrogen and oxygen atoms in total. The van der Waals surface area contributed by atoms with Gasteiger partial charge in [0.25, 0.3) is 0 Å². The molecular formula is C16H15NO4S. The van der Waals surface area contributed by atoms with E-state index >= 15 is 0 Å². The topological polar surface area (TPSA) is 89.6 Å². The summed E-state index contributed by atoms with van der Waals surface area (Å²) < 4.78 is 4.68. The number of carbonyl (C=O) groups is 2. The standard InChI is InChI=1S/C16H15NO4S/c1-21-16(20)14-7-6-13(8-10(14)9-15(18)19)22-12-4-2-11(17)3-5-12/h2-8H,9,17H2,1H3,(H,18,19). The van der Waals surface area contributed by atoms with Crippen molar-refractivity contribution in [2.75, 3.05) is 12.8 Å². The molecule has 0 radical (unpaired) electrons. The average Bonchev–Trinajstić information content (AvgIpc) is 2.48. The molecule has 0 aliphatic carbocycles. The minimum absolute atomic E-state index is 0.236. The Morgan fingerprint density at radius 2 is 1.77 bits per heavy atom. The van der Waals surface area contributed by atoms with Crippen molar-refractivity contribution < 1.29 is 19.4 Å². The number of rotatable bonds is 5. The number of nitrogen functional groups attached to an aromatic ring is 1. The fourth-order valence-corrected chi connectivity index (χ4v) is 2.81. The lowest BCUT2D eigenvalue weighted by Crippen LogP contribution is -2.09. The number of carboxylic acids is 1. The summed E-state index contributed by atoms with van der Waals surface area (Å²) in [5.41, 5.74) is 7.02. The van der Waals surface area contributed by atoms with E-state index < -0.39 is 11.9 Å². The van der Waals surface area contributed by atoms with Crippen LogP contribution >= 0.6 is 11.8 Å². The van der Waals surface area contributed by atoms with E-state index in [2.05, 4.69) is 4.74 Å². The molecule has 0 heterocycles. The minimum Gasteiger partial charge on any atom is -0.481 e. The van der Waals surface area contributed by atoms with E-state index in [9.17, 15) is 9.59 Å². The monoisotopic (exact) mass is 317 g/mol. The van der Waals surface area contributed by atoms with Crippen molar-refractivity contribution in [3.63, 3.8) is 0 Å². The van der Waals surface area contributed by atoms with E-state index in [-0.39, 0.29) is 12.0 Å². The third-order valence-electron chi connectivity index (χ3n) is 2.94. The molecule has 6 heteroatoms. The summed E-state index contributed by atoms with van der Waals surface area (Å²) in [4.78, 5) is 24.5. The molecule has 0 saturated carbocycles. The smallest absolute Gasteiger partial charge is 0.338 e. The first kappa shape index (κ1) is 15.9. The molecule has 3 N–H and O–H groups in total. The highest BCUT2D eigenvalue weighted by Gasteiger charge is 2.15. The first-order chi connectivity index (χ1) is 10.5. The Balaban J connectivity index is 2.31. The zero-order valence-corrected chi connectivity index (χ0v) is 12.7. The summed E-state index contributed by atoms with van der Waals surface area (Å²) in [6, 6.07) is 12.4. The largest absolute Gasteiger partial charge is 0.481 e. The number of ether oxygens (including phenoxy) is 1. The van der Waals surface area contributed by atoms with Gasteiger partial charge < -0.3 is 15.6 Å². The van der Waals surface area contributed by atoms with Gasteiger partial charge in [0.05, 0.1) is 19.1 Å². The fourth-order valence-electron chi connectivity index (χ4n) is 1.92. The second-order valence-electron chi connectivity index (χ2n) is 4.55. The molecule has 0 fully saturated rings. The van der Waals surface area contributed by atoms with Gasteiger partial charge in [-0.15, -0.1) is 0 Å². The lowest BCUT2D eigenvalue weighted by molar-refractivity contribution is -0.136. The Hall–Kier alpha value is -2.47. The van der Waals surface area contributed by atoms with Crippen LogP contribution < -0.4 is 5.73 Å². The van der Waals surface area contributed by atoms with E-state index in [1.807, 2.05) is 12.1 Å². The van der Waals surface area contributed by atoms with E-state index in [1.54, 1.807) is 30.3 Å². The van der Waals surface area contributed by atoms with Gasteiger partial charge in [-0.1, -0.05) is 11.8 Å². The first-order valence-corrected chi connectivity index (χ1v) is 7.27. The normalized spacial score (nSPS) is 10.2.